The van der Waals surface area contributed by atoms with E-state index in [1.165, 1.54) is 0 Å². The van der Waals surface area contributed by atoms with Crippen LogP contribution < -0.4 is 9.09 Å². The summed E-state index contributed by atoms with van der Waals surface area (Å²) in [6, 6.07) is 7.66. The molecule has 0 heterocycles. The van der Waals surface area contributed by atoms with E-state index in [-0.39, 0.29) is 0 Å². The fraction of sp³-hybridized carbons (Fsp3) is 0.455. The van der Waals surface area contributed by atoms with Gasteiger partial charge >= 0.3 is 87.7 Å². The van der Waals surface area contributed by atoms with Crippen molar-refractivity contribution in [1.82, 2.24) is 0 Å². The summed E-state index contributed by atoms with van der Waals surface area (Å²) in [5.41, 5.74) is 0. The molecule has 14 heavy (non-hydrogen) atoms. The average Bonchev–Trinajstić information content (AvgIpc) is 2.28. The fourth-order valence-corrected chi connectivity index (χ4v) is 5.84. The number of para-hydroxylation sites is 1. The molecule has 0 fully saturated rings. The summed E-state index contributed by atoms with van der Waals surface area (Å²) in [6.07, 6.45) is 0. The zero-order valence-corrected chi connectivity index (χ0v) is 10.9. The van der Waals surface area contributed by atoms with Crippen LogP contribution in [-0.2, 0) is 3.74 Å². The van der Waals surface area contributed by atoms with Gasteiger partial charge in [-0.3, -0.25) is 0 Å². The van der Waals surface area contributed by atoms with Crippen LogP contribution in [0.25, 0.3) is 0 Å². The zero-order chi connectivity index (χ0) is 10.6. The van der Waals surface area contributed by atoms with Crippen LogP contribution in [0.5, 0.6) is 5.75 Å². The molecule has 0 aliphatic heterocycles. The van der Waals surface area contributed by atoms with Gasteiger partial charge in [0.25, 0.3) is 0 Å². The Morgan fingerprint density at radius 1 is 1.21 bits per heavy atom. The van der Waals surface area contributed by atoms with Gasteiger partial charge in [-0.1, -0.05) is 0 Å². The summed E-state index contributed by atoms with van der Waals surface area (Å²) in [6.45, 7) is 3.99. The van der Waals surface area contributed by atoms with E-state index in [0.717, 1.165) is 20.5 Å². The van der Waals surface area contributed by atoms with Crippen LogP contribution in [0.2, 0.25) is 10.4 Å². The Labute approximate surface area is 88.0 Å². The van der Waals surface area contributed by atoms with Crippen LogP contribution >= 0.6 is 0 Å². The third-order valence-corrected chi connectivity index (χ3v) is 9.45. The summed E-state index contributed by atoms with van der Waals surface area (Å²) in [7, 11) is 1.63. The minimum atomic E-state index is -2.87. The summed E-state index contributed by atoms with van der Waals surface area (Å²) in [4.78, 5) is 0. The van der Waals surface area contributed by atoms with Crippen molar-refractivity contribution in [1.29, 1.82) is 0 Å². The molecule has 0 saturated carbocycles. The van der Waals surface area contributed by atoms with E-state index in [0.29, 0.717) is 0 Å². The Kier molecular flexibility index (Phi) is 3.88. The number of hydrogen-bond acceptors (Lipinski definition) is 2. The first-order valence-corrected chi connectivity index (χ1v) is 9.25. The third-order valence-electron chi connectivity index (χ3n) is 2.55. The first-order chi connectivity index (χ1) is 6.68. The maximum absolute atomic E-state index is 12.5. The molecule has 3 heteroatoms. The van der Waals surface area contributed by atoms with Crippen molar-refractivity contribution in [3.63, 3.8) is 0 Å². The molecular formula is C11H17AsO2. The second-order valence-electron chi connectivity index (χ2n) is 3.19. The number of rotatable bonds is 4. The fourth-order valence-electron chi connectivity index (χ4n) is 1.53. The summed E-state index contributed by atoms with van der Waals surface area (Å²) < 4.78 is 18.7. The SMILES string of the molecule is CC[As](=O)(CC)c1ccccc1OC. The summed E-state index contributed by atoms with van der Waals surface area (Å²) in [5.74, 6) is 0.777. The molecule has 0 amide bonds. The van der Waals surface area contributed by atoms with E-state index in [1.54, 1.807) is 7.11 Å². The molecule has 0 aromatic heterocycles. The van der Waals surface area contributed by atoms with Gasteiger partial charge in [0, 0.05) is 0 Å². The van der Waals surface area contributed by atoms with Crippen molar-refractivity contribution in [3.8, 4) is 5.75 Å². The molecule has 1 rings (SSSR count). The second kappa shape index (κ2) is 4.74. The molecule has 1 aromatic carbocycles. The quantitative estimate of drug-likeness (QED) is 0.773. The molecule has 0 aliphatic carbocycles. The molecule has 0 unspecified atom stereocenters. The van der Waals surface area contributed by atoms with Gasteiger partial charge in [0.1, 0.15) is 0 Å². The van der Waals surface area contributed by atoms with Gasteiger partial charge in [-0.25, -0.2) is 0 Å². The Morgan fingerprint density at radius 2 is 1.79 bits per heavy atom. The van der Waals surface area contributed by atoms with E-state index in [2.05, 4.69) is 0 Å². The molecule has 0 bridgehead atoms. The molecule has 0 aliphatic rings. The van der Waals surface area contributed by atoms with E-state index >= 15 is 0 Å². The van der Waals surface area contributed by atoms with E-state index < -0.39 is 13.5 Å². The zero-order valence-electron chi connectivity index (χ0n) is 8.99. The van der Waals surface area contributed by atoms with Crippen molar-refractivity contribution in [2.75, 3.05) is 7.11 Å². The second-order valence-corrected chi connectivity index (χ2v) is 10.6. The predicted molar refractivity (Wildman–Crippen MR) is 60.0 cm³/mol. The van der Waals surface area contributed by atoms with E-state index in [9.17, 15) is 3.74 Å². The average molecular weight is 256 g/mol. The minimum absolute atomic E-state index is 0.759. The van der Waals surface area contributed by atoms with Gasteiger partial charge in [-0.15, -0.1) is 0 Å². The summed E-state index contributed by atoms with van der Waals surface area (Å²) in [5, 5.41) is 1.52. The van der Waals surface area contributed by atoms with Crippen LogP contribution in [0.1, 0.15) is 13.8 Å². The van der Waals surface area contributed by atoms with Crippen LogP contribution in [-0.4, -0.2) is 20.6 Å². The molecular weight excluding hydrogens is 239 g/mol. The molecule has 0 N–H and O–H groups in total. The number of ether oxygens (including phenoxy) is 1. The molecule has 1 aromatic rings. The van der Waals surface area contributed by atoms with Crippen molar-refractivity contribution in [2.24, 2.45) is 0 Å². The van der Waals surface area contributed by atoms with E-state index in [1.807, 2.05) is 38.1 Å². The van der Waals surface area contributed by atoms with Gasteiger partial charge in [0.15, 0.2) is 0 Å². The molecule has 2 nitrogen and oxygen atoms in total. The van der Waals surface area contributed by atoms with Crippen LogP contribution in [0.3, 0.4) is 0 Å². The Bertz CT molecular complexity index is 339. The predicted octanol–water partition coefficient (Wildman–Crippen LogP) is 2.32. The maximum atomic E-state index is 12.5. The monoisotopic (exact) mass is 256 g/mol. The molecule has 0 saturated heterocycles. The first kappa shape index (κ1) is 11.5. The molecule has 78 valence electrons. The Balaban J connectivity index is 3.23. The molecule has 0 radical (unpaired) electrons. The Morgan fingerprint density at radius 3 is 2.29 bits per heavy atom. The van der Waals surface area contributed by atoms with Gasteiger partial charge < -0.3 is 0 Å². The molecule has 0 spiro atoms. The van der Waals surface area contributed by atoms with Crippen LogP contribution in [0.4, 0.5) is 0 Å². The Hall–Kier alpha value is -0.622. The van der Waals surface area contributed by atoms with Crippen LogP contribution in [0, 0.1) is 0 Å². The van der Waals surface area contributed by atoms with Crippen molar-refractivity contribution >= 4 is 17.8 Å². The standard InChI is InChI=1S/C11H17AsO2/c1-4-12(13,5-2)10-8-6-7-9-11(10)14-3/h6-9H,4-5H2,1-3H3. The van der Waals surface area contributed by atoms with Crippen molar-refractivity contribution in [3.05, 3.63) is 24.3 Å². The third kappa shape index (κ3) is 2.06. The first-order valence-electron chi connectivity index (χ1n) is 4.89. The number of hydrogen-bond donors (Lipinski definition) is 0. The van der Waals surface area contributed by atoms with Gasteiger partial charge in [0.05, 0.1) is 0 Å². The summed E-state index contributed by atoms with van der Waals surface area (Å²) >= 11 is -2.87. The topological polar surface area (TPSA) is 26.3 Å². The van der Waals surface area contributed by atoms with Crippen LogP contribution in [0.15, 0.2) is 24.3 Å². The van der Waals surface area contributed by atoms with Crippen molar-refractivity contribution < 1.29 is 8.48 Å². The van der Waals surface area contributed by atoms with Gasteiger partial charge in [0.2, 0.25) is 0 Å². The molecule has 0 atom stereocenters. The van der Waals surface area contributed by atoms with Gasteiger partial charge in [-0.2, -0.15) is 0 Å². The van der Waals surface area contributed by atoms with E-state index in [4.69, 9.17) is 4.74 Å². The van der Waals surface area contributed by atoms with Gasteiger partial charge in [-0.05, 0) is 0 Å². The normalized spacial score (nSPS) is 11.4. The number of benzene rings is 1. The van der Waals surface area contributed by atoms with Crippen molar-refractivity contribution in [2.45, 2.75) is 24.3 Å². The number of methoxy groups -OCH3 is 1.